The summed E-state index contributed by atoms with van der Waals surface area (Å²) in [6.07, 6.45) is 0. The molecule has 122 valence electrons. The van der Waals surface area contributed by atoms with Crippen molar-refractivity contribution in [2.45, 2.75) is 0 Å². The molecule has 0 bridgehead atoms. The van der Waals surface area contributed by atoms with Crippen molar-refractivity contribution in [3.05, 3.63) is 34.2 Å². The molecule has 1 aliphatic carbocycles. The summed E-state index contributed by atoms with van der Waals surface area (Å²) >= 11 is 0. The van der Waals surface area contributed by atoms with Crippen LogP contribution in [0.25, 0.3) is 11.4 Å². The molecule has 2 aromatic rings. The summed E-state index contributed by atoms with van der Waals surface area (Å²) in [6, 6.07) is 8.73. The molecule has 2 heterocycles. The zero-order valence-corrected chi connectivity index (χ0v) is 13.2. The molecule has 0 amide bonds. The highest BCUT2D eigenvalue weighted by atomic mass is 15.0. The Balaban J connectivity index is 2.47. The predicted molar refractivity (Wildman–Crippen MR) is 85.8 cm³/mol. The van der Waals surface area contributed by atoms with E-state index < -0.39 is 0 Å². The maximum atomic E-state index is 9.19. The minimum Gasteiger partial charge on any atom is -0.296 e. The maximum absolute atomic E-state index is 9.19. The van der Waals surface area contributed by atoms with Crippen molar-refractivity contribution < 1.29 is 0 Å². The number of hydrogen-bond donors (Lipinski definition) is 1. The van der Waals surface area contributed by atoms with Crippen molar-refractivity contribution in [1.29, 1.82) is 31.7 Å². The number of aromatic nitrogens is 4. The first-order valence-electron chi connectivity index (χ1n) is 7.05. The van der Waals surface area contributed by atoms with Crippen LogP contribution in [-0.4, -0.2) is 37.9 Å². The van der Waals surface area contributed by atoms with Crippen LogP contribution in [0.1, 0.15) is 34.2 Å². The largest absolute Gasteiger partial charge is 0.296 e. The molecule has 1 aliphatic rings. The van der Waals surface area contributed by atoms with E-state index in [1.165, 1.54) is 0 Å². The van der Waals surface area contributed by atoms with Gasteiger partial charge in [-0.25, -0.2) is 19.9 Å². The van der Waals surface area contributed by atoms with Gasteiger partial charge in [0.25, 0.3) is 0 Å². The van der Waals surface area contributed by atoms with Crippen LogP contribution in [0.5, 0.6) is 0 Å². The molecule has 27 heavy (non-hydrogen) atoms. The second-order valence-corrected chi connectivity index (χ2v) is 4.88. The number of fused-ring (bicyclic) bond motifs is 3. The average molecular weight is 349 g/mol. The molecule has 0 saturated carbocycles. The fourth-order valence-electron chi connectivity index (χ4n) is 2.35. The molecule has 0 radical (unpaired) electrons. The third-order valence-electron chi connectivity index (χ3n) is 3.45. The van der Waals surface area contributed by atoms with Crippen LogP contribution in [0.4, 0.5) is 0 Å². The van der Waals surface area contributed by atoms with Gasteiger partial charge < -0.3 is 0 Å². The van der Waals surface area contributed by atoms with Crippen molar-refractivity contribution in [2.75, 3.05) is 6.54 Å². The summed E-state index contributed by atoms with van der Waals surface area (Å²) in [4.78, 5) is 20.1. The number of aliphatic imine (C=N–C) groups is 1. The molecule has 1 N–H and O–H groups in total. The zero-order chi connectivity index (χ0) is 19.6. The lowest BCUT2D eigenvalue weighted by Gasteiger charge is -2.19. The van der Waals surface area contributed by atoms with E-state index in [-0.39, 0.29) is 63.5 Å². The van der Waals surface area contributed by atoms with Gasteiger partial charge in [0, 0.05) is 0 Å². The molecule has 2 aromatic heterocycles. The molecule has 0 unspecified atom stereocenters. The van der Waals surface area contributed by atoms with Crippen LogP contribution in [0.15, 0.2) is 4.99 Å². The fraction of sp³-hybridized carbons (Fsp3) is 0.0625. The van der Waals surface area contributed by atoms with Gasteiger partial charge in [0.1, 0.15) is 65.0 Å². The third kappa shape index (κ3) is 2.49. The normalized spacial score (nSPS) is 12.6. The number of nitrogens with zero attached hydrogens (tertiary/aromatic N) is 10. The van der Waals surface area contributed by atoms with Crippen molar-refractivity contribution >= 4 is 11.4 Å². The van der Waals surface area contributed by atoms with Gasteiger partial charge in [0.05, 0.1) is 6.07 Å². The van der Waals surface area contributed by atoms with Crippen LogP contribution in [-0.2, 0) is 0 Å². The first kappa shape index (κ1) is 16.8. The number of hydrogen-bond acceptors (Lipinski definition) is 11. The van der Waals surface area contributed by atoms with E-state index in [0.717, 1.165) is 0 Å². The Morgan fingerprint density at radius 1 is 0.667 bits per heavy atom. The molecule has 11 nitrogen and oxygen atoms in total. The van der Waals surface area contributed by atoms with Crippen molar-refractivity contribution in [3.8, 4) is 41.7 Å². The van der Waals surface area contributed by atoms with Gasteiger partial charge >= 0.3 is 0 Å². The number of rotatable bonds is 1. The van der Waals surface area contributed by atoms with Crippen LogP contribution in [0.2, 0.25) is 0 Å². The van der Waals surface area contributed by atoms with E-state index >= 15 is 0 Å². The molecule has 0 aromatic carbocycles. The highest BCUT2D eigenvalue weighted by Crippen LogP contribution is 2.30. The van der Waals surface area contributed by atoms with E-state index in [2.05, 4.69) is 24.9 Å². The minimum absolute atomic E-state index is 0.0123. The molecule has 0 fully saturated rings. The van der Waals surface area contributed by atoms with E-state index in [1.807, 2.05) is 0 Å². The molecule has 0 spiro atoms. The first-order chi connectivity index (χ1) is 13.1. The second-order valence-electron chi connectivity index (χ2n) is 4.88. The zero-order valence-electron chi connectivity index (χ0n) is 13.2. The molecular weight excluding hydrogens is 346 g/mol. The molecule has 0 aliphatic heterocycles. The van der Waals surface area contributed by atoms with E-state index in [1.54, 1.807) is 30.3 Å². The van der Waals surface area contributed by atoms with Gasteiger partial charge in [0.15, 0.2) is 22.8 Å². The topological polar surface area (TPSA) is 207 Å². The first-order valence-corrected chi connectivity index (χ1v) is 7.05. The summed E-state index contributed by atoms with van der Waals surface area (Å²) in [5.74, 6) is 0. The molecular formula is C16H3N11. The number of nitrogens with one attached hydrogen (secondary N) is 1. The predicted octanol–water partition coefficient (Wildman–Crippen LogP) is 0.114. The molecule has 0 saturated heterocycles. The summed E-state index contributed by atoms with van der Waals surface area (Å²) < 4.78 is 0. The van der Waals surface area contributed by atoms with Gasteiger partial charge in [-0.1, -0.05) is 0 Å². The Labute approximate surface area is 151 Å². The average Bonchev–Trinajstić information content (AvgIpc) is 2.71. The monoisotopic (exact) mass is 349 g/mol. The Kier molecular flexibility index (Phi) is 4.01. The Hall–Kier alpha value is -5.05. The van der Waals surface area contributed by atoms with E-state index in [4.69, 9.17) is 26.5 Å². The molecule has 11 heteroatoms. The highest BCUT2D eigenvalue weighted by molar-refractivity contribution is 6.54. The van der Waals surface area contributed by atoms with E-state index in [0.29, 0.717) is 0 Å². The molecule has 3 rings (SSSR count). The van der Waals surface area contributed by atoms with Crippen LogP contribution >= 0.6 is 0 Å². The van der Waals surface area contributed by atoms with Crippen LogP contribution in [0, 0.1) is 62.1 Å². The van der Waals surface area contributed by atoms with Gasteiger partial charge in [-0.3, -0.25) is 10.4 Å². The summed E-state index contributed by atoms with van der Waals surface area (Å²) in [5.41, 5.74) is -1.64. The highest BCUT2D eigenvalue weighted by Gasteiger charge is 2.33. The van der Waals surface area contributed by atoms with Crippen molar-refractivity contribution in [2.24, 2.45) is 4.99 Å². The quantitative estimate of drug-likeness (QED) is 0.692. The van der Waals surface area contributed by atoms with E-state index in [9.17, 15) is 5.26 Å². The Bertz CT molecular complexity index is 1270. The van der Waals surface area contributed by atoms with Crippen molar-refractivity contribution in [1.82, 2.24) is 19.9 Å². The van der Waals surface area contributed by atoms with Gasteiger partial charge in [-0.15, -0.1) is 0 Å². The van der Waals surface area contributed by atoms with Crippen molar-refractivity contribution in [3.63, 3.8) is 0 Å². The smallest absolute Gasteiger partial charge is 0.177 e. The summed E-state index contributed by atoms with van der Waals surface area (Å²) in [5, 5.41) is 53.8. The summed E-state index contributed by atoms with van der Waals surface area (Å²) in [7, 11) is 0. The Morgan fingerprint density at radius 2 is 1.07 bits per heavy atom. The number of nitriles is 5. The fourth-order valence-corrected chi connectivity index (χ4v) is 2.35. The molecule has 0 atom stereocenters. The third-order valence-corrected chi connectivity index (χ3v) is 3.45. The maximum Gasteiger partial charge on any atom is 0.177 e. The van der Waals surface area contributed by atoms with Gasteiger partial charge in [0.2, 0.25) is 0 Å². The van der Waals surface area contributed by atoms with Crippen LogP contribution < -0.4 is 0 Å². The van der Waals surface area contributed by atoms with Gasteiger partial charge in [-0.05, 0) is 0 Å². The lowest BCUT2D eigenvalue weighted by atomic mass is 9.95. The second kappa shape index (κ2) is 6.45. The Morgan fingerprint density at radius 3 is 1.52 bits per heavy atom. The van der Waals surface area contributed by atoms with Crippen LogP contribution in [0.3, 0.4) is 0 Å². The SMILES string of the molecule is N#CC/N=C1\C(=N)c2nc(C#N)c(C#N)nc2-c2nc(C#N)c(C#N)nc21. The minimum atomic E-state index is -0.301. The lowest BCUT2D eigenvalue weighted by Crippen LogP contribution is -2.28. The summed E-state index contributed by atoms with van der Waals surface area (Å²) in [6.45, 7) is -0.301. The standard InChI is InChI=1S/C16H3N11/c17-1-2-23-12-11(22)13-15(26-8(4-19)7(3-18)24-13)16-14(12)25-9(5-20)10(6-21)27-16/h22H,2H2/b22-11?,23-12+. The van der Waals surface area contributed by atoms with Gasteiger partial charge in [-0.2, -0.15) is 26.3 Å². The lowest BCUT2D eigenvalue weighted by molar-refractivity contribution is 1.05.